The first kappa shape index (κ1) is 28.5. The zero-order valence-electron chi connectivity index (χ0n) is 20.8. The number of carbonyl (C=O) groups excluding carboxylic acids is 2. The van der Waals surface area contributed by atoms with Crippen LogP contribution in [-0.2, 0) is 26.2 Å². The van der Waals surface area contributed by atoms with Crippen LogP contribution < -0.4 is 14.4 Å². The van der Waals surface area contributed by atoms with Gasteiger partial charge in [0.05, 0.1) is 19.1 Å². The first-order valence-corrected chi connectivity index (χ1v) is 13.6. The summed E-state index contributed by atoms with van der Waals surface area (Å²) in [6.07, 6.45) is 1.47. The maximum atomic E-state index is 13.3. The highest BCUT2D eigenvalue weighted by Gasteiger charge is 2.27. The second-order valence-electron chi connectivity index (χ2n) is 8.63. The number of anilines is 1. The Morgan fingerprint density at radius 2 is 1.74 bits per heavy atom. The van der Waals surface area contributed by atoms with Crippen molar-refractivity contribution in [2.75, 3.05) is 24.2 Å². The number of halogens is 1. The van der Waals surface area contributed by atoms with Crippen LogP contribution in [0.15, 0.2) is 48.5 Å². The Labute approximate surface area is 213 Å². The molecule has 0 aliphatic rings. The second-order valence-corrected chi connectivity index (χ2v) is 11.0. The summed E-state index contributed by atoms with van der Waals surface area (Å²) in [6.45, 7) is 5.73. The SMILES string of the molecule is COc1cccc(CN(C(=O)CCCN(c2ccc(Cl)cc2)S(C)(=O)=O)[C@H](C)C(=O)NC(C)C)c1. The minimum absolute atomic E-state index is 0.0681. The predicted molar refractivity (Wildman–Crippen MR) is 139 cm³/mol. The zero-order valence-corrected chi connectivity index (χ0v) is 22.4. The van der Waals surface area contributed by atoms with Crippen molar-refractivity contribution in [3.63, 3.8) is 0 Å². The Morgan fingerprint density at radius 1 is 1.09 bits per heavy atom. The Balaban J connectivity index is 2.18. The highest BCUT2D eigenvalue weighted by molar-refractivity contribution is 7.92. The maximum Gasteiger partial charge on any atom is 0.242 e. The molecule has 0 saturated heterocycles. The van der Waals surface area contributed by atoms with E-state index in [4.69, 9.17) is 16.3 Å². The van der Waals surface area contributed by atoms with E-state index in [1.165, 1.54) is 9.21 Å². The number of nitrogens with one attached hydrogen (secondary N) is 1. The molecule has 0 radical (unpaired) electrons. The van der Waals surface area contributed by atoms with Crippen molar-refractivity contribution >= 4 is 39.1 Å². The summed E-state index contributed by atoms with van der Waals surface area (Å²) in [4.78, 5) is 27.5. The van der Waals surface area contributed by atoms with Crippen LogP contribution in [0, 0.1) is 0 Å². The smallest absolute Gasteiger partial charge is 0.242 e. The van der Waals surface area contributed by atoms with Gasteiger partial charge in [-0.05, 0) is 69.2 Å². The van der Waals surface area contributed by atoms with Gasteiger partial charge in [0.25, 0.3) is 0 Å². The van der Waals surface area contributed by atoms with Crippen molar-refractivity contribution in [2.45, 2.75) is 52.2 Å². The molecule has 0 saturated carbocycles. The van der Waals surface area contributed by atoms with E-state index in [9.17, 15) is 18.0 Å². The van der Waals surface area contributed by atoms with Crippen LogP contribution in [0.25, 0.3) is 0 Å². The van der Waals surface area contributed by atoms with Crippen LogP contribution in [0.1, 0.15) is 39.2 Å². The number of hydrogen-bond acceptors (Lipinski definition) is 5. The standard InChI is InChI=1S/C25H34ClN3O5S/c1-18(2)27-25(31)19(3)28(17-20-8-6-9-23(16-20)34-4)24(30)10-7-15-29(35(5,32)33)22-13-11-21(26)12-14-22/h6,8-9,11-14,16,18-19H,7,10,15,17H2,1-5H3,(H,27,31)/t19-/m1/s1. The van der Waals surface area contributed by atoms with Crippen molar-refractivity contribution in [1.82, 2.24) is 10.2 Å². The summed E-state index contributed by atoms with van der Waals surface area (Å²) in [6, 6.07) is 13.0. The number of hydrogen-bond donors (Lipinski definition) is 1. The lowest BCUT2D eigenvalue weighted by atomic mass is 10.1. The molecule has 0 bridgehead atoms. The molecule has 2 amide bonds. The summed E-state index contributed by atoms with van der Waals surface area (Å²) < 4.78 is 31.2. The first-order chi connectivity index (χ1) is 16.4. The molecule has 1 atom stereocenters. The van der Waals surface area contributed by atoms with Crippen molar-refractivity contribution < 1.29 is 22.7 Å². The Kier molecular flexibility index (Phi) is 10.4. The molecule has 0 fully saturated rings. The highest BCUT2D eigenvalue weighted by atomic mass is 35.5. The van der Waals surface area contributed by atoms with E-state index in [1.54, 1.807) is 44.4 Å². The molecule has 1 N–H and O–H groups in total. The van der Waals surface area contributed by atoms with Crippen LogP contribution in [0.4, 0.5) is 5.69 Å². The Bertz CT molecular complexity index is 1110. The summed E-state index contributed by atoms with van der Waals surface area (Å²) in [5.41, 5.74) is 1.29. The molecule has 35 heavy (non-hydrogen) atoms. The van der Waals surface area contributed by atoms with E-state index in [-0.39, 0.29) is 43.8 Å². The molecule has 0 unspecified atom stereocenters. The Morgan fingerprint density at radius 3 is 2.31 bits per heavy atom. The quantitative estimate of drug-likeness (QED) is 0.456. The van der Waals surface area contributed by atoms with Gasteiger partial charge >= 0.3 is 0 Å². The highest BCUT2D eigenvalue weighted by Crippen LogP contribution is 2.22. The molecule has 0 spiro atoms. The van der Waals surface area contributed by atoms with Crippen LogP contribution in [0.2, 0.25) is 5.02 Å². The average molecular weight is 524 g/mol. The molecule has 0 aliphatic carbocycles. The number of ether oxygens (including phenoxy) is 1. The van der Waals surface area contributed by atoms with E-state index in [0.29, 0.717) is 16.5 Å². The normalized spacial score (nSPS) is 12.2. The minimum atomic E-state index is -3.56. The van der Waals surface area contributed by atoms with Gasteiger partial charge in [-0.15, -0.1) is 0 Å². The fourth-order valence-corrected chi connectivity index (χ4v) is 4.66. The van der Waals surface area contributed by atoms with Gasteiger partial charge in [-0.1, -0.05) is 23.7 Å². The molecule has 0 heterocycles. The second kappa shape index (κ2) is 12.8. The molecule has 10 heteroatoms. The van der Waals surface area contributed by atoms with Crippen LogP contribution in [0.5, 0.6) is 5.75 Å². The Hall–Kier alpha value is -2.78. The number of rotatable bonds is 12. The monoisotopic (exact) mass is 523 g/mol. The van der Waals surface area contributed by atoms with Crippen LogP contribution >= 0.6 is 11.6 Å². The third-order valence-electron chi connectivity index (χ3n) is 5.35. The number of carbonyl (C=O) groups is 2. The molecule has 2 rings (SSSR count). The summed E-state index contributed by atoms with van der Waals surface area (Å²) >= 11 is 5.92. The van der Waals surface area contributed by atoms with Crippen LogP contribution in [0.3, 0.4) is 0 Å². The van der Waals surface area contributed by atoms with Crippen molar-refractivity contribution in [1.29, 1.82) is 0 Å². The molecular formula is C25H34ClN3O5S. The molecule has 0 aromatic heterocycles. The van der Waals surface area contributed by atoms with Gasteiger partial charge in [0.15, 0.2) is 0 Å². The maximum absolute atomic E-state index is 13.3. The number of amides is 2. The number of nitrogens with zero attached hydrogens (tertiary/aromatic N) is 2. The number of benzene rings is 2. The summed E-state index contributed by atoms with van der Waals surface area (Å²) in [5, 5.41) is 3.35. The third kappa shape index (κ3) is 8.74. The first-order valence-electron chi connectivity index (χ1n) is 11.4. The van der Waals surface area contributed by atoms with Gasteiger partial charge in [0.2, 0.25) is 21.8 Å². The molecule has 2 aromatic carbocycles. The summed E-state index contributed by atoms with van der Waals surface area (Å²) in [5.74, 6) is 0.153. The van der Waals surface area contributed by atoms with Gasteiger partial charge in [0, 0.05) is 30.6 Å². The minimum Gasteiger partial charge on any atom is -0.497 e. The van der Waals surface area contributed by atoms with E-state index >= 15 is 0 Å². The fraction of sp³-hybridized carbons (Fsp3) is 0.440. The largest absolute Gasteiger partial charge is 0.497 e. The fourth-order valence-electron chi connectivity index (χ4n) is 3.57. The van der Waals surface area contributed by atoms with Crippen LogP contribution in [-0.4, -0.2) is 57.1 Å². The lowest BCUT2D eigenvalue weighted by Crippen LogP contribution is -2.49. The molecule has 2 aromatic rings. The molecule has 8 nitrogen and oxygen atoms in total. The van der Waals surface area contributed by atoms with Gasteiger partial charge in [-0.3, -0.25) is 13.9 Å². The van der Waals surface area contributed by atoms with Gasteiger partial charge in [0.1, 0.15) is 11.8 Å². The third-order valence-corrected chi connectivity index (χ3v) is 6.80. The molecule has 192 valence electrons. The van der Waals surface area contributed by atoms with Gasteiger partial charge in [-0.2, -0.15) is 0 Å². The zero-order chi connectivity index (χ0) is 26.2. The number of sulfonamides is 1. The lowest BCUT2D eigenvalue weighted by molar-refractivity contribution is -0.140. The van der Waals surface area contributed by atoms with Crippen molar-refractivity contribution in [2.24, 2.45) is 0 Å². The number of methoxy groups -OCH3 is 1. The van der Waals surface area contributed by atoms with E-state index in [2.05, 4.69) is 5.32 Å². The lowest BCUT2D eigenvalue weighted by Gasteiger charge is -2.30. The molecule has 0 aliphatic heterocycles. The topological polar surface area (TPSA) is 96.0 Å². The van der Waals surface area contributed by atoms with E-state index in [0.717, 1.165) is 11.8 Å². The average Bonchev–Trinajstić information content (AvgIpc) is 2.79. The predicted octanol–water partition coefficient (Wildman–Crippen LogP) is 3.84. The van der Waals surface area contributed by atoms with Gasteiger partial charge in [-0.25, -0.2) is 8.42 Å². The van der Waals surface area contributed by atoms with Crippen molar-refractivity contribution in [3.05, 3.63) is 59.1 Å². The van der Waals surface area contributed by atoms with Gasteiger partial charge < -0.3 is 15.0 Å². The van der Waals surface area contributed by atoms with E-state index < -0.39 is 16.1 Å². The van der Waals surface area contributed by atoms with Crippen molar-refractivity contribution in [3.8, 4) is 5.75 Å². The summed E-state index contributed by atoms with van der Waals surface area (Å²) in [7, 11) is -2.00. The molecular weight excluding hydrogens is 490 g/mol. The van der Waals surface area contributed by atoms with E-state index in [1.807, 2.05) is 32.0 Å².